The molecule has 1 aromatic heterocycles. The molecule has 1 atom stereocenters. The van der Waals surface area contributed by atoms with Crippen LogP contribution in [0.1, 0.15) is 12.7 Å². The molecule has 0 saturated heterocycles. The maximum atomic E-state index is 12.2. The van der Waals surface area contributed by atoms with E-state index in [9.17, 15) is 13.2 Å². The van der Waals surface area contributed by atoms with Crippen LogP contribution < -0.4 is 16.0 Å². The highest BCUT2D eigenvalue weighted by Gasteiger charge is 2.38. The Bertz CT molecular complexity index is 369. The Morgan fingerprint density at radius 1 is 1.44 bits per heavy atom. The van der Waals surface area contributed by atoms with Gasteiger partial charge in [0.2, 0.25) is 5.88 Å². The monoisotopic (exact) mass is 236 g/mol. The number of nitrogens with zero attached hydrogens (tertiary/aromatic N) is 2. The summed E-state index contributed by atoms with van der Waals surface area (Å²) < 4.78 is 41.3. The molecule has 0 fully saturated rings. The van der Waals surface area contributed by atoms with Gasteiger partial charge in [0.15, 0.2) is 6.10 Å². The maximum absolute atomic E-state index is 12.2. The van der Waals surface area contributed by atoms with Crippen LogP contribution in [-0.4, -0.2) is 22.2 Å². The van der Waals surface area contributed by atoms with Gasteiger partial charge >= 0.3 is 6.18 Å². The molecule has 0 radical (unpaired) electrons. The number of aromatic nitrogens is 2. The lowest BCUT2D eigenvalue weighted by atomic mass is 10.4. The summed E-state index contributed by atoms with van der Waals surface area (Å²) in [4.78, 5) is 7.52. The number of halogens is 3. The molecular formula is C8H11F3N4O. The number of hydrogen-bond acceptors (Lipinski definition) is 5. The van der Waals surface area contributed by atoms with Crippen molar-refractivity contribution < 1.29 is 17.9 Å². The molecule has 5 nitrogen and oxygen atoms in total. The Morgan fingerprint density at radius 3 is 2.56 bits per heavy atom. The Morgan fingerprint density at radius 2 is 2.06 bits per heavy atom. The lowest BCUT2D eigenvalue weighted by molar-refractivity contribution is -0.190. The summed E-state index contributed by atoms with van der Waals surface area (Å²) in [7, 11) is 0. The molecule has 1 aromatic rings. The van der Waals surface area contributed by atoms with Gasteiger partial charge in [0.25, 0.3) is 0 Å². The van der Waals surface area contributed by atoms with Gasteiger partial charge in [-0.2, -0.15) is 18.2 Å². The number of rotatable bonds is 3. The van der Waals surface area contributed by atoms with Gasteiger partial charge in [-0.25, -0.2) is 10.8 Å². The number of ether oxygens (including phenoxy) is 1. The van der Waals surface area contributed by atoms with Crippen molar-refractivity contribution in [2.24, 2.45) is 5.84 Å². The first-order valence-electron chi connectivity index (χ1n) is 4.38. The summed E-state index contributed by atoms with van der Waals surface area (Å²) in [5.74, 6) is 5.37. The smallest absolute Gasteiger partial charge is 0.425 e. The fourth-order valence-corrected chi connectivity index (χ4v) is 0.923. The third-order valence-electron chi connectivity index (χ3n) is 1.72. The van der Waals surface area contributed by atoms with Gasteiger partial charge in [-0.15, -0.1) is 0 Å². The lowest BCUT2D eigenvalue weighted by Crippen LogP contribution is -2.31. The minimum absolute atomic E-state index is 0.176. The van der Waals surface area contributed by atoms with Crippen LogP contribution in [0.3, 0.4) is 0 Å². The number of hydrogen-bond donors (Lipinski definition) is 2. The molecule has 1 rings (SSSR count). The van der Waals surface area contributed by atoms with Gasteiger partial charge < -0.3 is 10.2 Å². The third-order valence-corrected chi connectivity index (χ3v) is 1.72. The van der Waals surface area contributed by atoms with Crippen molar-refractivity contribution in [2.75, 3.05) is 5.43 Å². The van der Waals surface area contributed by atoms with Crippen LogP contribution in [0, 0.1) is 6.92 Å². The first kappa shape index (κ1) is 12.5. The number of nitrogens with one attached hydrogen (secondary N) is 1. The van der Waals surface area contributed by atoms with E-state index in [-0.39, 0.29) is 17.5 Å². The van der Waals surface area contributed by atoms with Crippen LogP contribution in [0.25, 0.3) is 0 Å². The highest BCUT2D eigenvalue weighted by Crippen LogP contribution is 2.24. The van der Waals surface area contributed by atoms with Gasteiger partial charge in [0, 0.05) is 6.07 Å². The number of alkyl halides is 3. The van der Waals surface area contributed by atoms with Crippen molar-refractivity contribution in [1.29, 1.82) is 0 Å². The van der Waals surface area contributed by atoms with Gasteiger partial charge in [-0.1, -0.05) is 0 Å². The highest BCUT2D eigenvalue weighted by molar-refractivity contribution is 5.36. The Kier molecular flexibility index (Phi) is 3.53. The molecule has 3 N–H and O–H groups in total. The van der Waals surface area contributed by atoms with Gasteiger partial charge in [0.05, 0.1) is 0 Å². The molecule has 0 saturated carbocycles. The molecule has 0 amide bonds. The summed E-state index contributed by atoms with van der Waals surface area (Å²) >= 11 is 0. The van der Waals surface area contributed by atoms with Gasteiger partial charge in [-0.05, 0) is 13.8 Å². The van der Waals surface area contributed by atoms with Crippen LogP contribution in [0.5, 0.6) is 5.88 Å². The first-order valence-corrected chi connectivity index (χ1v) is 4.38. The normalized spacial score (nSPS) is 13.4. The van der Waals surface area contributed by atoms with Crippen LogP contribution in [0.2, 0.25) is 0 Å². The SMILES string of the molecule is Cc1nc(NN)cc(OC(C)C(F)(F)F)n1. The van der Waals surface area contributed by atoms with E-state index in [1.54, 1.807) is 0 Å². The molecule has 1 heterocycles. The fourth-order valence-electron chi connectivity index (χ4n) is 0.923. The summed E-state index contributed by atoms with van der Waals surface area (Å²) in [5, 5.41) is 0. The number of aryl methyl sites for hydroxylation is 1. The van der Waals surface area contributed by atoms with E-state index in [2.05, 4.69) is 20.1 Å². The van der Waals surface area contributed by atoms with Gasteiger partial charge in [-0.3, -0.25) is 0 Å². The average molecular weight is 236 g/mol. The predicted molar refractivity (Wildman–Crippen MR) is 50.7 cm³/mol. The van der Waals surface area contributed by atoms with Crippen LogP contribution >= 0.6 is 0 Å². The number of nitrogen functional groups attached to an aromatic ring is 1. The lowest BCUT2D eigenvalue weighted by Gasteiger charge is -2.17. The zero-order valence-corrected chi connectivity index (χ0v) is 8.67. The second kappa shape index (κ2) is 4.52. The first-order chi connectivity index (χ1) is 7.32. The van der Waals surface area contributed by atoms with E-state index >= 15 is 0 Å². The molecule has 1 unspecified atom stereocenters. The van der Waals surface area contributed by atoms with Crippen molar-refractivity contribution in [2.45, 2.75) is 26.1 Å². The van der Waals surface area contributed by atoms with Crippen molar-refractivity contribution >= 4 is 5.82 Å². The van der Waals surface area contributed by atoms with Crippen molar-refractivity contribution in [1.82, 2.24) is 9.97 Å². The van der Waals surface area contributed by atoms with Crippen molar-refractivity contribution in [3.05, 3.63) is 11.9 Å². The second-order valence-corrected chi connectivity index (χ2v) is 3.08. The summed E-state index contributed by atoms with van der Waals surface area (Å²) in [6, 6.07) is 1.19. The van der Waals surface area contributed by atoms with E-state index in [1.807, 2.05) is 0 Å². The molecule has 90 valence electrons. The number of hydrazine groups is 1. The largest absolute Gasteiger partial charge is 0.465 e. The van der Waals surface area contributed by atoms with Gasteiger partial charge in [0.1, 0.15) is 11.6 Å². The molecule has 16 heavy (non-hydrogen) atoms. The molecule has 0 aromatic carbocycles. The number of nitrogens with two attached hydrogens (primary N) is 1. The molecule has 0 aliphatic heterocycles. The second-order valence-electron chi connectivity index (χ2n) is 3.08. The molecule has 0 spiro atoms. The standard InChI is InChI=1S/C8H11F3N4O/c1-4(8(9,10)11)16-7-3-6(15-12)13-5(2)14-7/h3-4H,12H2,1-2H3,(H,13,14,15). The molecular weight excluding hydrogens is 225 g/mol. The minimum atomic E-state index is -4.44. The van der Waals surface area contributed by atoms with E-state index in [4.69, 9.17) is 5.84 Å². The number of anilines is 1. The van der Waals surface area contributed by atoms with Crippen LogP contribution in [-0.2, 0) is 0 Å². The highest BCUT2D eigenvalue weighted by atomic mass is 19.4. The van der Waals surface area contributed by atoms with Crippen LogP contribution in [0.15, 0.2) is 6.07 Å². The summed E-state index contributed by atoms with van der Waals surface area (Å²) in [6.07, 6.45) is -6.37. The Hall–Kier alpha value is -1.57. The van der Waals surface area contributed by atoms with E-state index < -0.39 is 12.3 Å². The van der Waals surface area contributed by atoms with E-state index in [0.717, 1.165) is 6.92 Å². The minimum Gasteiger partial charge on any atom is -0.465 e. The maximum Gasteiger partial charge on any atom is 0.425 e. The molecule has 0 bridgehead atoms. The van der Waals surface area contributed by atoms with E-state index in [1.165, 1.54) is 13.0 Å². The van der Waals surface area contributed by atoms with Crippen molar-refractivity contribution in [3.8, 4) is 5.88 Å². The predicted octanol–water partition coefficient (Wildman–Crippen LogP) is 1.40. The fraction of sp³-hybridized carbons (Fsp3) is 0.500. The quantitative estimate of drug-likeness (QED) is 0.613. The Labute approximate surface area is 89.8 Å². The molecule has 0 aliphatic rings. The van der Waals surface area contributed by atoms with Crippen LogP contribution in [0.4, 0.5) is 19.0 Å². The average Bonchev–Trinajstić information content (AvgIpc) is 2.15. The molecule has 0 aliphatic carbocycles. The summed E-state index contributed by atoms with van der Waals surface area (Å²) in [5.41, 5.74) is 2.21. The van der Waals surface area contributed by atoms with Crippen molar-refractivity contribution in [3.63, 3.8) is 0 Å². The topological polar surface area (TPSA) is 73.1 Å². The third kappa shape index (κ3) is 3.23. The van der Waals surface area contributed by atoms with E-state index in [0.29, 0.717) is 0 Å². The Balaban J connectivity index is 2.85. The molecule has 8 heteroatoms. The zero-order chi connectivity index (χ0) is 12.3. The summed E-state index contributed by atoms with van der Waals surface area (Å²) in [6.45, 7) is 2.42. The zero-order valence-electron chi connectivity index (χ0n) is 8.67.